The molecule has 1 heterocycles. The van der Waals surface area contributed by atoms with E-state index >= 15 is 0 Å². The normalized spacial score (nSPS) is 21.5. The van der Waals surface area contributed by atoms with Crippen LogP contribution >= 0.6 is 0 Å². The van der Waals surface area contributed by atoms with Gasteiger partial charge in [-0.3, -0.25) is 4.72 Å². The van der Waals surface area contributed by atoms with Crippen LogP contribution in [0, 0.1) is 26.7 Å². The number of rotatable bonds is 4. The summed E-state index contributed by atoms with van der Waals surface area (Å²) in [5, 5.41) is 3.70. The van der Waals surface area contributed by atoms with Gasteiger partial charge in [0.15, 0.2) is 0 Å². The SMILES string of the molecule is Cc1cccc([C@@H]2Nc3ccc(S(=O)(=O)Nc4cc(C)ccc4C)cc3C3C=CCC32)c1. The predicted octanol–water partition coefficient (Wildman–Crippen LogP) is 6.24. The second kappa shape index (κ2) is 7.82. The molecule has 0 saturated heterocycles. The van der Waals surface area contributed by atoms with E-state index < -0.39 is 10.0 Å². The van der Waals surface area contributed by atoms with E-state index in [9.17, 15) is 8.42 Å². The summed E-state index contributed by atoms with van der Waals surface area (Å²) in [4.78, 5) is 0.298. The molecule has 2 N–H and O–H groups in total. The number of benzene rings is 3. The fourth-order valence-corrected chi connectivity index (χ4v) is 6.14. The van der Waals surface area contributed by atoms with Crippen molar-refractivity contribution in [2.75, 3.05) is 10.0 Å². The van der Waals surface area contributed by atoms with Crippen LogP contribution < -0.4 is 10.0 Å². The monoisotopic (exact) mass is 444 g/mol. The molecule has 1 aliphatic carbocycles. The first kappa shape index (κ1) is 20.8. The Kier molecular flexibility index (Phi) is 5.09. The highest BCUT2D eigenvalue weighted by molar-refractivity contribution is 7.92. The molecular formula is C27H28N2O2S. The Morgan fingerprint density at radius 2 is 1.75 bits per heavy atom. The summed E-state index contributed by atoms with van der Waals surface area (Å²) in [6.45, 7) is 5.98. The van der Waals surface area contributed by atoms with E-state index in [0.717, 1.165) is 28.8 Å². The van der Waals surface area contributed by atoms with Crippen molar-refractivity contribution in [2.24, 2.45) is 5.92 Å². The van der Waals surface area contributed by atoms with Crippen LogP contribution in [0.25, 0.3) is 0 Å². The van der Waals surface area contributed by atoms with Gasteiger partial charge >= 0.3 is 0 Å². The molecular weight excluding hydrogens is 416 g/mol. The molecule has 0 radical (unpaired) electrons. The maximum atomic E-state index is 13.2. The molecule has 1 aliphatic heterocycles. The Morgan fingerprint density at radius 3 is 2.56 bits per heavy atom. The number of hydrogen-bond donors (Lipinski definition) is 2. The molecule has 0 saturated carbocycles. The van der Waals surface area contributed by atoms with Gasteiger partial charge in [0, 0.05) is 11.6 Å². The molecule has 0 bridgehead atoms. The van der Waals surface area contributed by atoms with Crippen LogP contribution in [0.1, 0.15) is 46.2 Å². The molecule has 0 amide bonds. The van der Waals surface area contributed by atoms with Crippen LogP contribution in [0.2, 0.25) is 0 Å². The van der Waals surface area contributed by atoms with Gasteiger partial charge in [-0.2, -0.15) is 0 Å². The van der Waals surface area contributed by atoms with Gasteiger partial charge in [0.2, 0.25) is 0 Å². The summed E-state index contributed by atoms with van der Waals surface area (Å²) in [5.41, 5.74) is 7.13. The fourth-order valence-electron chi connectivity index (χ4n) is 4.98. The molecule has 2 unspecified atom stereocenters. The van der Waals surface area contributed by atoms with Crippen molar-refractivity contribution in [3.05, 3.63) is 101 Å². The molecule has 0 spiro atoms. The standard InChI is InChI=1S/C27H28N2O2S/c1-17-6-4-7-20(14-17)27-23-9-5-8-22(23)24-16-21(12-13-25(24)28-27)32(30,31)29-26-15-18(2)10-11-19(26)3/h4-8,10-16,22-23,27-29H,9H2,1-3H3/t22?,23?,27-/m0/s1. The van der Waals surface area contributed by atoms with Gasteiger partial charge in [-0.25, -0.2) is 8.42 Å². The molecule has 2 aliphatic rings. The zero-order chi connectivity index (χ0) is 22.5. The average molecular weight is 445 g/mol. The highest BCUT2D eigenvalue weighted by atomic mass is 32.2. The minimum atomic E-state index is -3.69. The summed E-state index contributed by atoms with van der Waals surface area (Å²) < 4.78 is 29.2. The maximum absolute atomic E-state index is 13.2. The van der Waals surface area contributed by atoms with Crippen LogP contribution in [-0.2, 0) is 10.0 Å². The first-order valence-corrected chi connectivity index (χ1v) is 12.5. The lowest BCUT2D eigenvalue weighted by atomic mass is 9.77. The third-order valence-corrected chi connectivity index (χ3v) is 8.05. The number of nitrogens with one attached hydrogen (secondary N) is 2. The van der Waals surface area contributed by atoms with E-state index in [1.165, 1.54) is 11.1 Å². The third-order valence-electron chi connectivity index (χ3n) is 6.68. The molecule has 5 heteroatoms. The zero-order valence-electron chi connectivity index (χ0n) is 18.6. The number of fused-ring (bicyclic) bond motifs is 3. The van der Waals surface area contributed by atoms with Gasteiger partial charge in [-0.1, -0.05) is 54.1 Å². The second-order valence-electron chi connectivity index (χ2n) is 9.06. The molecule has 3 atom stereocenters. The van der Waals surface area contributed by atoms with Crippen molar-refractivity contribution >= 4 is 21.4 Å². The molecule has 164 valence electrons. The van der Waals surface area contributed by atoms with Crippen molar-refractivity contribution < 1.29 is 8.42 Å². The highest BCUT2D eigenvalue weighted by Crippen LogP contribution is 2.50. The van der Waals surface area contributed by atoms with Crippen LogP contribution in [0.4, 0.5) is 11.4 Å². The largest absolute Gasteiger partial charge is 0.378 e. The first-order chi connectivity index (χ1) is 15.3. The Hall–Kier alpha value is -3.05. The van der Waals surface area contributed by atoms with Gasteiger partial charge in [0.1, 0.15) is 0 Å². The molecule has 3 aromatic carbocycles. The van der Waals surface area contributed by atoms with Crippen molar-refractivity contribution in [1.82, 2.24) is 0 Å². The predicted molar refractivity (Wildman–Crippen MR) is 131 cm³/mol. The number of allylic oxidation sites excluding steroid dienone is 2. The number of hydrogen-bond acceptors (Lipinski definition) is 3. The fraction of sp³-hybridized carbons (Fsp3) is 0.259. The van der Waals surface area contributed by atoms with Crippen LogP contribution in [0.3, 0.4) is 0 Å². The van der Waals surface area contributed by atoms with E-state index in [1.807, 2.05) is 44.2 Å². The number of anilines is 2. The van der Waals surface area contributed by atoms with Gasteiger partial charge in [-0.05, 0) is 79.6 Å². The Balaban J connectivity index is 1.50. The molecule has 0 aromatic heterocycles. The minimum Gasteiger partial charge on any atom is -0.378 e. The molecule has 32 heavy (non-hydrogen) atoms. The van der Waals surface area contributed by atoms with Crippen molar-refractivity contribution in [1.29, 1.82) is 0 Å². The Morgan fingerprint density at radius 1 is 0.938 bits per heavy atom. The van der Waals surface area contributed by atoms with Gasteiger partial charge < -0.3 is 5.32 Å². The third kappa shape index (κ3) is 3.71. The van der Waals surface area contributed by atoms with Gasteiger partial charge in [-0.15, -0.1) is 0 Å². The van der Waals surface area contributed by atoms with Gasteiger partial charge in [0.25, 0.3) is 10.0 Å². The summed E-state index contributed by atoms with van der Waals surface area (Å²) >= 11 is 0. The van der Waals surface area contributed by atoms with Crippen LogP contribution in [0.5, 0.6) is 0 Å². The molecule has 4 nitrogen and oxygen atoms in total. The van der Waals surface area contributed by atoms with E-state index in [-0.39, 0.29) is 12.0 Å². The second-order valence-corrected chi connectivity index (χ2v) is 10.7. The topological polar surface area (TPSA) is 58.2 Å². The quantitative estimate of drug-likeness (QED) is 0.468. The van der Waals surface area contributed by atoms with E-state index in [1.54, 1.807) is 6.07 Å². The lowest BCUT2D eigenvalue weighted by Gasteiger charge is -2.37. The van der Waals surface area contributed by atoms with E-state index in [0.29, 0.717) is 16.5 Å². The first-order valence-electron chi connectivity index (χ1n) is 11.1. The smallest absolute Gasteiger partial charge is 0.261 e. The summed E-state index contributed by atoms with van der Waals surface area (Å²) in [6, 6.07) is 20.1. The summed E-state index contributed by atoms with van der Waals surface area (Å²) in [7, 11) is -3.69. The highest BCUT2D eigenvalue weighted by Gasteiger charge is 2.38. The van der Waals surface area contributed by atoms with Crippen molar-refractivity contribution in [3.8, 4) is 0 Å². The van der Waals surface area contributed by atoms with Gasteiger partial charge in [0.05, 0.1) is 16.6 Å². The van der Waals surface area contributed by atoms with Crippen LogP contribution in [0.15, 0.2) is 77.7 Å². The van der Waals surface area contributed by atoms with Crippen molar-refractivity contribution in [3.63, 3.8) is 0 Å². The zero-order valence-corrected chi connectivity index (χ0v) is 19.4. The lowest BCUT2D eigenvalue weighted by Crippen LogP contribution is -2.29. The maximum Gasteiger partial charge on any atom is 0.261 e. The van der Waals surface area contributed by atoms with E-state index in [2.05, 4.69) is 53.4 Å². The van der Waals surface area contributed by atoms with Crippen molar-refractivity contribution in [2.45, 2.75) is 44.0 Å². The van der Waals surface area contributed by atoms with E-state index in [4.69, 9.17) is 0 Å². The number of aryl methyl sites for hydroxylation is 3. The Labute approximate surface area is 190 Å². The average Bonchev–Trinajstić information content (AvgIpc) is 3.25. The van der Waals surface area contributed by atoms with Crippen LogP contribution in [-0.4, -0.2) is 8.42 Å². The Bertz CT molecular complexity index is 1330. The molecule has 5 rings (SSSR count). The molecule has 0 fully saturated rings. The minimum absolute atomic E-state index is 0.201. The lowest BCUT2D eigenvalue weighted by molar-refractivity contribution is 0.425. The summed E-state index contributed by atoms with van der Waals surface area (Å²) in [6.07, 6.45) is 5.44. The summed E-state index contributed by atoms with van der Waals surface area (Å²) in [5.74, 6) is 0.571. The number of sulfonamides is 1. The molecule has 3 aromatic rings.